The minimum absolute atomic E-state index is 0.405. The first-order valence-electron chi connectivity index (χ1n) is 9.08. The van der Waals surface area contributed by atoms with Crippen LogP contribution in [0.2, 0.25) is 0 Å². The Morgan fingerprint density at radius 1 is 1.32 bits per heavy atom. The Morgan fingerprint density at radius 2 is 2.14 bits per heavy atom. The molecule has 1 aromatic heterocycles. The van der Waals surface area contributed by atoms with Crippen molar-refractivity contribution in [2.24, 2.45) is 0 Å². The maximum atomic E-state index is 5.72. The Balaban J connectivity index is 1.35. The molecule has 2 saturated heterocycles. The summed E-state index contributed by atoms with van der Waals surface area (Å²) in [5, 5.41) is 3.85. The molecule has 0 amide bonds. The lowest BCUT2D eigenvalue weighted by atomic mass is 10.1. The summed E-state index contributed by atoms with van der Waals surface area (Å²) in [5.41, 5.74) is 0. The first-order chi connectivity index (χ1) is 10.8. The molecule has 4 nitrogen and oxygen atoms in total. The van der Waals surface area contributed by atoms with Gasteiger partial charge in [-0.05, 0) is 64.3 Å². The zero-order valence-electron chi connectivity index (χ0n) is 13.7. The van der Waals surface area contributed by atoms with Gasteiger partial charge in [0.1, 0.15) is 5.76 Å². The van der Waals surface area contributed by atoms with E-state index in [2.05, 4.69) is 28.1 Å². The Kier molecular flexibility index (Phi) is 4.25. The van der Waals surface area contributed by atoms with E-state index in [9.17, 15) is 0 Å². The van der Waals surface area contributed by atoms with E-state index in [1.54, 1.807) is 0 Å². The van der Waals surface area contributed by atoms with Crippen LogP contribution in [0.4, 0.5) is 0 Å². The third-order valence-electron chi connectivity index (χ3n) is 5.69. The third-order valence-corrected chi connectivity index (χ3v) is 5.69. The van der Waals surface area contributed by atoms with E-state index >= 15 is 0 Å². The van der Waals surface area contributed by atoms with Crippen LogP contribution in [0.15, 0.2) is 22.8 Å². The predicted octanol–water partition coefficient (Wildman–Crippen LogP) is 2.63. The Labute approximate surface area is 133 Å². The van der Waals surface area contributed by atoms with Gasteiger partial charge in [0.15, 0.2) is 0 Å². The first kappa shape index (κ1) is 14.7. The van der Waals surface area contributed by atoms with E-state index in [0.29, 0.717) is 12.1 Å². The molecular formula is C18H29N3O. The van der Waals surface area contributed by atoms with Crippen LogP contribution in [0.25, 0.3) is 0 Å². The molecule has 3 atom stereocenters. The number of hydrogen-bond donors (Lipinski definition) is 1. The van der Waals surface area contributed by atoms with Gasteiger partial charge in [0.2, 0.25) is 0 Å². The van der Waals surface area contributed by atoms with Crippen molar-refractivity contribution < 1.29 is 4.42 Å². The fraction of sp³-hybridized carbons (Fsp3) is 0.778. The van der Waals surface area contributed by atoms with Crippen LogP contribution < -0.4 is 5.32 Å². The zero-order chi connectivity index (χ0) is 14.9. The largest absolute Gasteiger partial charge is 0.468 e. The van der Waals surface area contributed by atoms with E-state index in [0.717, 1.165) is 24.4 Å². The fourth-order valence-electron chi connectivity index (χ4n) is 4.34. The Hall–Kier alpha value is -0.840. The molecule has 4 rings (SSSR count). The lowest BCUT2D eigenvalue weighted by Crippen LogP contribution is -2.40. The lowest BCUT2D eigenvalue weighted by molar-refractivity contribution is 0.203. The van der Waals surface area contributed by atoms with Gasteiger partial charge in [-0.1, -0.05) is 0 Å². The van der Waals surface area contributed by atoms with Gasteiger partial charge in [-0.25, -0.2) is 0 Å². The van der Waals surface area contributed by atoms with Gasteiger partial charge in [0.05, 0.1) is 12.3 Å². The number of rotatable bonds is 6. The summed E-state index contributed by atoms with van der Waals surface area (Å²) in [4.78, 5) is 5.30. The van der Waals surface area contributed by atoms with Gasteiger partial charge in [0.25, 0.3) is 0 Å². The smallest absolute Gasteiger partial charge is 0.122 e. The van der Waals surface area contributed by atoms with Crippen LogP contribution in [0, 0.1) is 0 Å². The van der Waals surface area contributed by atoms with Gasteiger partial charge in [-0.2, -0.15) is 0 Å². The Bertz CT molecular complexity index is 465. The summed E-state index contributed by atoms with van der Waals surface area (Å²) >= 11 is 0. The Morgan fingerprint density at radius 3 is 2.82 bits per heavy atom. The zero-order valence-corrected chi connectivity index (χ0v) is 13.7. The molecule has 0 aromatic carbocycles. The fourth-order valence-corrected chi connectivity index (χ4v) is 4.34. The molecule has 2 aliphatic heterocycles. The van der Waals surface area contributed by atoms with Gasteiger partial charge in [-0.3, -0.25) is 9.80 Å². The number of hydrogen-bond acceptors (Lipinski definition) is 4. The van der Waals surface area contributed by atoms with Crippen molar-refractivity contribution in [1.82, 2.24) is 15.1 Å². The quantitative estimate of drug-likeness (QED) is 0.875. The van der Waals surface area contributed by atoms with Crippen LogP contribution in [0.1, 0.15) is 50.8 Å². The van der Waals surface area contributed by atoms with Crippen molar-refractivity contribution in [2.45, 2.75) is 63.2 Å². The molecule has 3 fully saturated rings. The molecule has 0 spiro atoms. The highest BCUT2D eigenvalue weighted by Crippen LogP contribution is 2.33. The summed E-state index contributed by atoms with van der Waals surface area (Å²) in [6.45, 7) is 7.06. The normalized spacial score (nSPS) is 31.9. The molecule has 0 bridgehead atoms. The highest BCUT2D eigenvalue weighted by molar-refractivity contribution is 5.07. The van der Waals surface area contributed by atoms with Crippen LogP contribution in [-0.2, 0) is 0 Å². The van der Waals surface area contributed by atoms with E-state index in [1.165, 1.54) is 51.7 Å². The molecule has 22 heavy (non-hydrogen) atoms. The molecule has 1 saturated carbocycles. The van der Waals surface area contributed by atoms with Crippen molar-refractivity contribution in [3.8, 4) is 0 Å². The van der Waals surface area contributed by atoms with Crippen LogP contribution in [-0.4, -0.2) is 54.1 Å². The van der Waals surface area contributed by atoms with E-state index in [1.807, 2.05) is 12.3 Å². The maximum Gasteiger partial charge on any atom is 0.122 e. The van der Waals surface area contributed by atoms with Crippen molar-refractivity contribution in [3.05, 3.63) is 24.2 Å². The summed E-state index contributed by atoms with van der Waals surface area (Å²) in [6, 6.07) is 6.85. The molecule has 0 radical (unpaired) electrons. The van der Waals surface area contributed by atoms with Crippen molar-refractivity contribution in [1.29, 1.82) is 0 Å². The number of nitrogens with one attached hydrogen (secondary N) is 1. The highest BCUT2D eigenvalue weighted by atomic mass is 16.3. The molecule has 122 valence electrons. The van der Waals surface area contributed by atoms with Crippen molar-refractivity contribution in [3.63, 3.8) is 0 Å². The monoisotopic (exact) mass is 303 g/mol. The molecule has 3 heterocycles. The molecule has 1 N–H and O–H groups in total. The van der Waals surface area contributed by atoms with E-state index in [4.69, 9.17) is 4.42 Å². The topological polar surface area (TPSA) is 31.7 Å². The lowest BCUT2D eigenvalue weighted by Gasteiger charge is -2.27. The molecule has 1 aromatic rings. The standard InChI is InChI=1S/C18H29N3O/c1-14-11-15(13-21(14)16-6-7-16)19-12-17(18-5-4-10-22-18)20-8-2-3-9-20/h4-5,10,14-17,19H,2-3,6-9,11-13H2,1H3/t14-,15-,17-/m1/s1. The SMILES string of the molecule is C[C@@H]1C[C@@H](NC[C@H](c2ccco2)N2CCCC2)CN1C1CC1. The minimum Gasteiger partial charge on any atom is -0.468 e. The maximum absolute atomic E-state index is 5.72. The second kappa shape index (κ2) is 6.34. The predicted molar refractivity (Wildman–Crippen MR) is 87.9 cm³/mol. The second-order valence-corrected chi connectivity index (χ2v) is 7.39. The molecular weight excluding hydrogens is 274 g/mol. The summed E-state index contributed by atoms with van der Waals surface area (Å²) < 4.78 is 5.72. The number of nitrogens with zero attached hydrogens (tertiary/aromatic N) is 2. The van der Waals surface area contributed by atoms with Crippen molar-refractivity contribution in [2.75, 3.05) is 26.2 Å². The van der Waals surface area contributed by atoms with Gasteiger partial charge in [-0.15, -0.1) is 0 Å². The van der Waals surface area contributed by atoms with Crippen LogP contribution in [0.5, 0.6) is 0 Å². The van der Waals surface area contributed by atoms with Gasteiger partial charge in [0, 0.05) is 31.2 Å². The average molecular weight is 303 g/mol. The van der Waals surface area contributed by atoms with E-state index in [-0.39, 0.29) is 0 Å². The van der Waals surface area contributed by atoms with Crippen molar-refractivity contribution >= 4 is 0 Å². The summed E-state index contributed by atoms with van der Waals surface area (Å²) in [6.07, 6.45) is 8.59. The second-order valence-electron chi connectivity index (χ2n) is 7.39. The average Bonchev–Trinajstić information content (AvgIpc) is 2.98. The first-order valence-corrected chi connectivity index (χ1v) is 9.08. The highest BCUT2D eigenvalue weighted by Gasteiger charge is 2.39. The van der Waals surface area contributed by atoms with E-state index < -0.39 is 0 Å². The summed E-state index contributed by atoms with van der Waals surface area (Å²) in [5.74, 6) is 1.12. The minimum atomic E-state index is 0.405. The molecule has 0 unspecified atom stereocenters. The molecule has 3 aliphatic rings. The molecule has 4 heteroatoms. The van der Waals surface area contributed by atoms with Gasteiger partial charge >= 0.3 is 0 Å². The summed E-state index contributed by atoms with van der Waals surface area (Å²) in [7, 11) is 0. The number of likely N-dealkylation sites (tertiary alicyclic amines) is 2. The molecule has 1 aliphatic carbocycles. The third kappa shape index (κ3) is 3.10. The van der Waals surface area contributed by atoms with Crippen LogP contribution in [0.3, 0.4) is 0 Å². The van der Waals surface area contributed by atoms with Gasteiger partial charge < -0.3 is 9.73 Å². The number of furan rings is 1. The van der Waals surface area contributed by atoms with Crippen LogP contribution >= 0.6 is 0 Å².